The largest absolute Gasteiger partial charge is 0.443 e. The third-order valence-electron chi connectivity index (χ3n) is 2.36. The molecular weight excluding hydrogens is 188 g/mol. The molecule has 2 rings (SSSR count). The molecule has 80 valence electrons. The fraction of sp³-hybridized carbons (Fsp3) is 0.417. The van der Waals surface area contributed by atoms with Crippen LogP contribution in [0.15, 0.2) is 29.0 Å². The van der Waals surface area contributed by atoms with Gasteiger partial charge in [-0.25, -0.2) is 4.98 Å². The lowest BCUT2D eigenvalue weighted by molar-refractivity contribution is 0.588. The van der Waals surface area contributed by atoms with Gasteiger partial charge in [0.1, 0.15) is 5.52 Å². The van der Waals surface area contributed by atoms with Crippen molar-refractivity contribution in [2.24, 2.45) is 0 Å². The Hall–Kier alpha value is -1.35. The second-order valence-electron chi connectivity index (χ2n) is 4.01. The zero-order valence-electron chi connectivity index (χ0n) is 9.16. The first-order chi connectivity index (χ1) is 7.25. The minimum atomic E-state index is 0.541. The first kappa shape index (κ1) is 10.2. The van der Waals surface area contributed by atoms with Gasteiger partial charge in [0.15, 0.2) is 12.0 Å². The quantitative estimate of drug-likeness (QED) is 0.830. The molecule has 0 atom stereocenters. The van der Waals surface area contributed by atoms with E-state index >= 15 is 0 Å². The molecule has 2 aromatic rings. The SMILES string of the molecule is CC(C)NCCc1ccc2ncoc2c1. The average Bonchev–Trinajstić information content (AvgIpc) is 2.64. The van der Waals surface area contributed by atoms with E-state index in [2.05, 4.69) is 36.3 Å². The number of fused-ring (bicyclic) bond motifs is 1. The second-order valence-corrected chi connectivity index (χ2v) is 4.01. The summed E-state index contributed by atoms with van der Waals surface area (Å²) in [6.45, 7) is 5.30. The fourth-order valence-electron chi connectivity index (χ4n) is 1.56. The molecule has 0 aliphatic rings. The molecule has 1 heterocycles. The highest BCUT2D eigenvalue weighted by molar-refractivity contribution is 5.72. The molecule has 1 aromatic carbocycles. The lowest BCUT2D eigenvalue weighted by Crippen LogP contribution is -2.24. The molecule has 0 radical (unpaired) electrons. The van der Waals surface area contributed by atoms with Crippen LogP contribution in [0.25, 0.3) is 11.1 Å². The van der Waals surface area contributed by atoms with Crippen molar-refractivity contribution in [1.82, 2.24) is 10.3 Å². The molecule has 1 aromatic heterocycles. The van der Waals surface area contributed by atoms with Gasteiger partial charge in [0.05, 0.1) is 0 Å². The smallest absolute Gasteiger partial charge is 0.181 e. The van der Waals surface area contributed by atoms with E-state index in [0.717, 1.165) is 24.1 Å². The highest BCUT2D eigenvalue weighted by Crippen LogP contribution is 2.14. The van der Waals surface area contributed by atoms with E-state index in [1.165, 1.54) is 12.0 Å². The van der Waals surface area contributed by atoms with Crippen LogP contribution in [0.3, 0.4) is 0 Å². The number of benzene rings is 1. The molecule has 0 unspecified atom stereocenters. The van der Waals surface area contributed by atoms with Gasteiger partial charge in [0.25, 0.3) is 0 Å². The Morgan fingerprint density at radius 2 is 2.27 bits per heavy atom. The van der Waals surface area contributed by atoms with E-state index in [-0.39, 0.29) is 0 Å². The van der Waals surface area contributed by atoms with Crippen LogP contribution in [0.5, 0.6) is 0 Å². The maximum atomic E-state index is 5.25. The van der Waals surface area contributed by atoms with Gasteiger partial charge < -0.3 is 9.73 Å². The molecule has 0 saturated carbocycles. The molecule has 15 heavy (non-hydrogen) atoms. The molecule has 1 N–H and O–H groups in total. The Morgan fingerprint density at radius 1 is 1.40 bits per heavy atom. The summed E-state index contributed by atoms with van der Waals surface area (Å²) in [5, 5.41) is 3.39. The Balaban J connectivity index is 2.02. The third-order valence-corrected chi connectivity index (χ3v) is 2.36. The number of hydrogen-bond acceptors (Lipinski definition) is 3. The summed E-state index contributed by atoms with van der Waals surface area (Å²) >= 11 is 0. The minimum absolute atomic E-state index is 0.541. The summed E-state index contributed by atoms with van der Waals surface area (Å²) in [6.07, 6.45) is 2.51. The van der Waals surface area contributed by atoms with Crippen molar-refractivity contribution in [3.8, 4) is 0 Å². The Morgan fingerprint density at radius 3 is 3.07 bits per heavy atom. The van der Waals surface area contributed by atoms with E-state index in [9.17, 15) is 0 Å². The van der Waals surface area contributed by atoms with Gasteiger partial charge in [0, 0.05) is 6.04 Å². The maximum Gasteiger partial charge on any atom is 0.181 e. The van der Waals surface area contributed by atoms with Crippen molar-refractivity contribution >= 4 is 11.1 Å². The minimum Gasteiger partial charge on any atom is -0.443 e. The molecule has 3 heteroatoms. The number of nitrogens with zero attached hydrogens (tertiary/aromatic N) is 1. The van der Waals surface area contributed by atoms with Gasteiger partial charge in [-0.15, -0.1) is 0 Å². The van der Waals surface area contributed by atoms with Crippen molar-refractivity contribution in [3.63, 3.8) is 0 Å². The molecule has 0 spiro atoms. The highest BCUT2D eigenvalue weighted by Gasteiger charge is 2.00. The Bertz CT molecular complexity index is 434. The van der Waals surface area contributed by atoms with Crippen molar-refractivity contribution in [1.29, 1.82) is 0 Å². The van der Waals surface area contributed by atoms with Crippen LogP contribution < -0.4 is 5.32 Å². The zero-order valence-corrected chi connectivity index (χ0v) is 9.16. The van der Waals surface area contributed by atoms with Crippen LogP contribution in [0, 0.1) is 0 Å². The van der Waals surface area contributed by atoms with Crippen LogP contribution in [-0.2, 0) is 6.42 Å². The third kappa shape index (κ3) is 2.57. The van der Waals surface area contributed by atoms with Crippen molar-refractivity contribution < 1.29 is 4.42 Å². The molecule has 0 bridgehead atoms. The normalized spacial score (nSPS) is 11.4. The summed E-state index contributed by atoms with van der Waals surface area (Å²) < 4.78 is 5.25. The maximum absolute atomic E-state index is 5.25. The first-order valence-electron chi connectivity index (χ1n) is 5.31. The molecule has 0 aliphatic carbocycles. The predicted molar refractivity (Wildman–Crippen MR) is 60.9 cm³/mol. The van der Waals surface area contributed by atoms with Gasteiger partial charge >= 0.3 is 0 Å². The fourth-order valence-corrected chi connectivity index (χ4v) is 1.56. The molecule has 0 amide bonds. The van der Waals surface area contributed by atoms with Crippen LogP contribution in [-0.4, -0.2) is 17.6 Å². The molecular formula is C12H16N2O. The summed E-state index contributed by atoms with van der Waals surface area (Å²) in [5.41, 5.74) is 3.08. The van der Waals surface area contributed by atoms with Gasteiger partial charge in [-0.2, -0.15) is 0 Å². The average molecular weight is 204 g/mol. The van der Waals surface area contributed by atoms with Crippen molar-refractivity contribution in [3.05, 3.63) is 30.2 Å². The lowest BCUT2D eigenvalue weighted by Gasteiger charge is -2.07. The molecule has 3 nitrogen and oxygen atoms in total. The van der Waals surface area contributed by atoms with Gasteiger partial charge in [-0.1, -0.05) is 19.9 Å². The Labute approximate surface area is 89.5 Å². The topological polar surface area (TPSA) is 38.1 Å². The standard InChI is InChI=1S/C12H16N2O/c1-9(2)13-6-5-10-3-4-11-12(7-10)15-8-14-11/h3-4,7-9,13H,5-6H2,1-2H3. The summed E-state index contributed by atoms with van der Waals surface area (Å²) in [7, 11) is 0. The molecule has 0 fully saturated rings. The van der Waals surface area contributed by atoms with Crippen LogP contribution in [0.4, 0.5) is 0 Å². The van der Waals surface area contributed by atoms with E-state index in [0.29, 0.717) is 6.04 Å². The number of hydrogen-bond donors (Lipinski definition) is 1. The van der Waals surface area contributed by atoms with Gasteiger partial charge in [-0.3, -0.25) is 0 Å². The van der Waals surface area contributed by atoms with Crippen molar-refractivity contribution in [2.75, 3.05) is 6.54 Å². The summed E-state index contributed by atoms with van der Waals surface area (Å²) in [4.78, 5) is 4.09. The lowest BCUT2D eigenvalue weighted by atomic mass is 10.1. The monoisotopic (exact) mass is 204 g/mol. The number of aromatic nitrogens is 1. The van der Waals surface area contributed by atoms with E-state index in [1.54, 1.807) is 0 Å². The van der Waals surface area contributed by atoms with Gasteiger partial charge in [0.2, 0.25) is 0 Å². The number of oxazole rings is 1. The predicted octanol–water partition coefficient (Wildman–Crippen LogP) is 2.37. The first-order valence-corrected chi connectivity index (χ1v) is 5.31. The second kappa shape index (κ2) is 4.45. The highest BCUT2D eigenvalue weighted by atomic mass is 16.3. The van der Waals surface area contributed by atoms with Gasteiger partial charge in [-0.05, 0) is 30.7 Å². The van der Waals surface area contributed by atoms with Crippen LogP contribution in [0.1, 0.15) is 19.4 Å². The van der Waals surface area contributed by atoms with Crippen LogP contribution >= 0.6 is 0 Å². The van der Waals surface area contributed by atoms with E-state index < -0.39 is 0 Å². The zero-order chi connectivity index (χ0) is 10.7. The van der Waals surface area contributed by atoms with E-state index in [4.69, 9.17) is 4.42 Å². The van der Waals surface area contributed by atoms with Crippen molar-refractivity contribution in [2.45, 2.75) is 26.3 Å². The molecule has 0 aliphatic heterocycles. The Kier molecular flexibility index (Phi) is 3.02. The van der Waals surface area contributed by atoms with E-state index in [1.807, 2.05) is 6.07 Å². The number of rotatable bonds is 4. The summed E-state index contributed by atoms with van der Waals surface area (Å²) in [6, 6.07) is 6.71. The summed E-state index contributed by atoms with van der Waals surface area (Å²) in [5.74, 6) is 0. The van der Waals surface area contributed by atoms with Crippen LogP contribution in [0.2, 0.25) is 0 Å². The molecule has 0 saturated heterocycles. The number of nitrogens with one attached hydrogen (secondary N) is 1.